The van der Waals surface area contributed by atoms with Crippen LogP contribution in [0.5, 0.6) is 5.75 Å². The Morgan fingerprint density at radius 1 is 1.13 bits per heavy atom. The van der Waals surface area contributed by atoms with Crippen LogP contribution in [0.3, 0.4) is 0 Å². The van der Waals surface area contributed by atoms with Crippen LogP contribution in [0.25, 0.3) is 0 Å². The number of urea groups is 1. The molecule has 0 unspecified atom stereocenters. The fraction of sp³-hybridized carbons (Fsp3) is 0.0667. The SMILES string of the molecule is COc1cc(NC(=O)Nc2cccc(Cl)c2)c(Cl)cc1C(=O)O. The van der Waals surface area contributed by atoms with E-state index in [2.05, 4.69) is 10.6 Å². The third-order valence-electron chi connectivity index (χ3n) is 2.85. The van der Waals surface area contributed by atoms with Gasteiger partial charge in [-0.1, -0.05) is 29.3 Å². The Labute approximate surface area is 142 Å². The van der Waals surface area contributed by atoms with Gasteiger partial charge in [-0.15, -0.1) is 0 Å². The number of carbonyl (C=O) groups excluding carboxylic acids is 1. The molecule has 23 heavy (non-hydrogen) atoms. The van der Waals surface area contributed by atoms with E-state index < -0.39 is 12.0 Å². The van der Waals surface area contributed by atoms with Crippen molar-refractivity contribution in [2.45, 2.75) is 0 Å². The van der Waals surface area contributed by atoms with Crippen molar-refractivity contribution in [1.82, 2.24) is 0 Å². The summed E-state index contributed by atoms with van der Waals surface area (Å²) >= 11 is 11.8. The summed E-state index contributed by atoms with van der Waals surface area (Å²) in [4.78, 5) is 23.1. The van der Waals surface area contributed by atoms with Crippen LogP contribution in [0.2, 0.25) is 10.0 Å². The maximum Gasteiger partial charge on any atom is 0.339 e. The average molecular weight is 355 g/mol. The molecule has 2 aromatic rings. The van der Waals surface area contributed by atoms with Crippen molar-refractivity contribution in [3.63, 3.8) is 0 Å². The molecule has 0 aromatic heterocycles. The molecule has 0 aliphatic rings. The smallest absolute Gasteiger partial charge is 0.339 e. The molecule has 2 rings (SSSR count). The second kappa shape index (κ2) is 7.21. The van der Waals surface area contributed by atoms with Crippen molar-refractivity contribution >= 4 is 46.6 Å². The van der Waals surface area contributed by atoms with E-state index in [-0.39, 0.29) is 22.0 Å². The van der Waals surface area contributed by atoms with Gasteiger partial charge in [0.15, 0.2) is 0 Å². The molecule has 0 atom stereocenters. The zero-order valence-corrected chi connectivity index (χ0v) is 13.4. The lowest BCUT2D eigenvalue weighted by atomic mass is 10.2. The molecule has 8 heteroatoms. The van der Waals surface area contributed by atoms with E-state index in [1.54, 1.807) is 24.3 Å². The molecule has 0 aliphatic heterocycles. The van der Waals surface area contributed by atoms with E-state index in [1.165, 1.54) is 19.2 Å². The van der Waals surface area contributed by atoms with Gasteiger partial charge in [0, 0.05) is 16.8 Å². The first kappa shape index (κ1) is 16.9. The van der Waals surface area contributed by atoms with Gasteiger partial charge in [-0.05, 0) is 24.3 Å². The van der Waals surface area contributed by atoms with Crippen LogP contribution in [0.15, 0.2) is 36.4 Å². The number of carboxylic acids is 1. The van der Waals surface area contributed by atoms with E-state index in [9.17, 15) is 9.59 Å². The maximum atomic E-state index is 12.0. The highest BCUT2D eigenvalue weighted by molar-refractivity contribution is 6.34. The van der Waals surface area contributed by atoms with Crippen molar-refractivity contribution in [2.24, 2.45) is 0 Å². The zero-order valence-electron chi connectivity index (χ0n) is 11.9. The van der Waals surface area contributed by atoms with Crippen molar-refractivity contribution in [3.8, 4) is 5.75 Å². The van der Waals surface area contributed by atoms with Crippen molar-refractivity contribution in [1.29, 1.82) is 0 Å². The van der Waals surface area contributed by atoms with Crippen LogP contribution < -0.4 is 15.4 Å². The van der Waals surface area contributed by atoms with E-state index >= 15 is 0 Å². The summed E-state index contributed by atoms with van der Waals surface area (Å²) < 4.78 is 4.99. The highest BCUT2D eigenvalue weighted by atomic mass is 35.5. The van der Waals surface area contributed by atoms with Gasteiger partial charge in [-0.25, -0.2) is 9.59 Å². The monoisotopic (exact) mass is 354 g/mol. The average Bonchev–Trinajstić information content (AvgIpc) is 2.48. The Morgan fingerprint density at radius 2 is 1.87 bits per heavy atom. The number of benzene rings is 2. The van der Waals surface area contributed by atoms with Gasteiger partial charge >= 0.3 is 12.0 Å². The predicted molar refractivity (Wildman–Crippen MR) is 89.1 cm³/mol. The van der Waals surface area contributed by atoms with E-state index in [0.29, 0.717) is 10.7 Å². The molecule has 2 aromatic carbocycles. The molecule has 0 radical (unpaired) electrons. The van der Waals surface area contributed by atoms with Crippen molar-refractivity contribution in [2.75, 3.05) is 17.7 Å². The Bertz CT molecular complexity index is 765. The first-order valence-corrected chi connectivity index (χ1v) is 7.10. The van der Waals surface area contributed by atoms with Gasteiger partial charge in [-0.3, -0.25) is 0 Å². The lowest BCUT2D eigenvalue weighted by molar-refractivity contribution is 0.0693. The third kappa shape index (κ3) is 4.28. The molecule has 6 nitrogen and oxygen atoms in total. The Kier molecular flexibility index (Phi) is 5.31. The number of rotatable bonds is 4. The third-order valence-corrected chi connectivity index (χ3v) is 3.40. The van der Waals surface area contributed by atoms with E-state index in [0.717, 1.165) is 0 Å². The van der Waals surface area contributed by atoms with Gasteiger partial charge in [0.1, 0.15) is 11.3 Å². The summed E-state index contributed by atoms with van der Waals surface area (Å²) in [5.74, 6) is -1.10. The number of halogens is 2. The van der Waals surface area contributed by atoms with Crippen LogP contribution >= 0.6 is 23.2 Å². The second-order valence-corrected chi connectivity index (χ2v) is 5.27. The molecule has 0 spiro atoms. The molecular weight excluding hydrogens is 343 g/mol. The summed E-state index contributed by atoms with van der Waals surface area (Å²) in [6.07, 6.45) is 0. The van der Waals surface area contributed by atoms with E-state index in [4.69, 9.17) is 33.0 Å². The van der Waals surface area contributed by atoms with Gasteiger partial charge in [0.25, 0.3) is 0 Å². The Morgan fingerprint density at radius 3 is 2.48 bits per heavy atom. The largest absolute Gasteiger partial charge is 0.496 e. The number of amides is 2. The molecule has 0 aliphatic carbocycles. The number of hydrogen-bond acceptors (Lipinski definition) is 3. The lowest BCUT2D eigenvalue weighted by Crippen LogP contribution is -2.19. The molecule has 2 amide bonds. The zero-order chi connectivity index (χ0) is 17.0. The fourth-order valence-corrected chi connectivity index (χ4v) is 2.24. The van der Waals surface area contributed by atoms with E-state index in [1.807, 2.05) is 0 Å². The fourth-order valence-electron chi connectivity index (χ4n) is 1.84. The number of nitrogens with one attached hydrogen (secondary N) is 2. The topological polar surface area (TPSA) is 87.7 Å². The standard InChI is InChI=1S/C15H12Cl2N2O4/c1-23-13-7-12(11(17)6-10(13)14(20)21)19-15(22)18-9-4-2-3-8(16)5-9/h2-7H,1H3,(H,20,21)(H2,18,19,22). The van der Waals surface area contributed by atoms with Crippen molar-refractivity contribution < 1.29 is 19.4 Å². The number of methoxy groups -OCH3 is 1. The summed E-state index contributed by atoms with van der Waals surface area (Å²) in [6, 6.07) is 8.60. The van der Waals surface area contributed by atoms with Crippen molar-refractivity contribution in [3.05, 3.63) is 52.0 Å². The normalized spacial score (nSPS) is 10.0. The molecule has 0 heterocycles. The minimum absolute atomic E-state index is 0.0736. The molecular formula is C15H12Cl2N2O4. The number of hydrogen-bond donors (Lipinski definition) is 3. The first-order valence-electron chi connectivity index (χ1n) is 6.35. The molecule has 0 fully saturated rings. The van der Waals surface area contributed by atoms with Gasteiger partial charge in [0.2, 0.25) is 0 Å². The van der Waals surface area contributed by atoms with Crippen LogP contribution in [0, 0.1) is 0 Å². The molecule has 0 bridgehead atoms. The van der Waals surface area contributed by atoms with Crippen LogP contribution in [0.4, 0.5) is 16.2 Å². The van der Waals surface area contributed by atoms with Crippen LogP contribution in [-0.4, -0.2) is 24.2 Å². The number of carboxylic acid groups (broad SMARTS) is 1. The quantitative estimate of drug-likeness (QED) is 0.761. The minimum Gasteiger partial charge on any atom is -0.496 e. The predicted octanol–water partition coefficient (Wildman–Crippen LogP) is 4.34. The van der Waals surface area contributed by atoms with Gasteiger partial charge in [-0.2, -0.15) is 0 Å². The molecule has 3 N–H and O–H groups in total. The van der Waals surface area contributed by atoms with Gasteiger partial charge < -0.3 is 20.5 Å². The first-order chi connectivity index (χ1) is 10.9. The highest BCUT2D eigenvalue weighted by Crippen LogP contribution is 2.31. The summed E-state index contributed by atoms with van der Waals surface area (Å²) in [6.45, 7) is 0. The van der Waals surface area contributed by atoms with Crippen LogP contribution in [-0.2, 0) is 0 Å². The van der Waals surface area contributed by atoms with Crippen LogP contribution in [0.1, 0.15) is 10.4 Å². The molecule has 120 valence electrons. The summed E-state index contributed by atoms with van der Waals surface area (Å²) in [7, 11) is 1.32. The number of anilines is 2. The lowest BCUT2D eigenvalue weighted by Gasteiger charge is -2.12. The summed E-state index contributed by atoms with van der Waals surface area (Å²) in [5.41, 5.74) is 0.617. The molecule has 0 saturated heterocycles. The Hall–Kier alpha value is -2.44. The number of carbonyl (C=O) groups is 2. The number of ether oxygens (including phenoxy) is 1. The van der Waals surface area contributed by atoms with Gasteiger partial charge in [0.05, 0.1) is 17.8 Å². The highest BCUT2D eigenvalue weighted by Gasteiger charge is 2.16. The summed E-state index contributed by atoms with van der Waals surface area (Å²) in [5, 5.41) is 14.7. The second-order valence-electron chi connectivity index (χ2n) is 4.43. The number of aromatic carboxylic acids is 1. The molecule has 0 saturated carbocycles. The maximum absolute atomic E-state index is 12.0. The minimum atomic E-state index is -1.18. The Balaban J connectivity index is 2.19.